The Kier molecular flexibility index (Phi) is 5.08. The number of hydrogen-bond donors (Lipinski definition) is 0. The summed E-state index contributed by atoms with van der Waals surface area (Å²) in [6.07, 6.45) is 3.63. The first kappa shape index (κ1) is 18.1. The first-order valence-electron chi connectivity index (χ1n) is 9.07. The Hall–Kier alpha value is -2.68. The van der Waals surface area contributed by atoms with Crippen LogP contribution in [-0.4, -0.2) is 27.9 Å². The van der Waals surface area contributed by atoms with Gasteiger partial charge in [0.1, 0.15) is 11.9 Å². The van der Waals surface area contributed by atoms with Crippen molar-refractivity contribution in [2.45, 2.75) is 45.6 Å². The van der Waals surface area contributed by atoms with Gasteiger partial charge in [0.2, 0.25) is 0 Å². The molecule has 2 aromatic heterocycles. The van der Waals surface area contributed by atoms with E-state index < -0.39 is 0 Å². The van der Waals surface area contributed by atoms with E-state index in [1.54, 1.807) is 29.1 Å². The third-order valence-corrected chi connectivity index (χ3v) is 4.89. The number of anilines is 1. The maximum atomic E-state index is 12.2. The molecule has 0 N–H and O–H groups in total. The largest absolute Gasteiger partial charge is 0.356 e. The lowest BCUT2D eigenvalue weighted by molar-refractivity contribution is 0.329. The summed E-state index contributed by atoms with van der Waals surface area (Å²) in [5.41, 5.74) is 1.42. The molecule has 0 atom stereocenters. The van der Waals surface area contributed by atoms with Crippen LogP contribution in [0.15, 0.2) is 35.3 Å². The van der Waals surface area contributed by atoms with Gasteiger partial charge in [0.05, 0.1) is 11.3 Å². The van der Waals surface area contributed by atoms with Crippen LogP contribution in [0.4, 0.5) is 5.82 Å². The number of aromatic nitrogens is 3. The smallest absolute Gasteiger partial charge is 0.266 e. The fraction of sp³-hybridized carbons (Fsp3) is 0.500. The van der Waals surface area contributed by atoms with Crippen LogP contribution in [-0.2, 0) is 12.0 Å². The zero-order valence-electron chi connectivity index (χ0n) is 15.6. The van der Waals surface area contributed by atoms with Crippen molar-refractivity contribution in [3.05, 3.63) is 52.1 Å². The molecule has 3 rings (SSSR count). The molecule has 0 unspecified atom stereocenters. The second-order valence-electron chi connectivity index (χ2n) is 7.91. The van der Waals surface area contributed by atoms with Crippen LogP contribution >= 0.6 is 0 Å². The molecule has 0 saturated carbocycles. The van der Waals surface area contributed by atoms with Crippen LogP contribution in [0.5, 0.6) is 0 Å². The van der Waals surface area contributed by atoms with E-state index in [0.29, 0.717) is 18.0 Å². The van der Waals surface area contributed by atoms with E-state index in [1.807, 2.05) is 6.07 Å². The van der Waals surface area contributed by atoms with E-state index in [9.17, 15) is 10.1 Å². The Morgan fingerprint density at radius 2 is 1.96 bits per heavy atom. The predicted molar refractivity (Wildman–Crippen MR) is 101 cm³/mol. The minimum atomic E-state index is -0.0779. The van der Waals surface area contributed by atoms with Crippen molar-refractivity contribution >= 4 is 5.82 Å². The number of nitriles is 1. The van der Waals surface area contributed by atoms with Crippen LogP contribution in [0, 0.1) is 17.2 Å². The summed E-state index contributed by atoms with van der Waals surface area (Å²) in [5.74, 6) is 1.17. The maximum Gasteiger partial charge on any atom is 0.266 e. The normalized spacial score (nSPS) is 15.7. The molecule has 0 bridgehead atoms. The average molecular weight is 351 g/mol. The second kappa shape index (κ2) is 7.28. The fourth-order valence-electron chi connectivity index (χ4n) is 3.29. The van der Waals surface area contributed by atoms with Crippen LogP contribution in [0.1, 0.15) is 44.9 Å². The van der Waals surface area contributed by atoms with Crippen molar-refractivity contribution in [1.29, 1.82) is 5.26 Å². The molecule has 26 heavy (non-hydrogen) atoms. The Balaban J connectivity index is 1.68. The lowest BCUT2D eigenvalue weighted by Crippen LogP contribution is -2.38. The van der Waals surface area contributed by atoms with Crippen LogP contribution in [0.25, 0.3) is 0 Å². The van der Waals surface area contributed by atoms with Crippen molar-refractivity contribution in [2.75, 3.05) is 18.0 Å². The molecule has 1 aliphatic heterocycles. The van der Waals surface area contributed by atoms with Crippen molar-refractivity contribution in [3.8, 4) is 6.07 Å². The Labute approximate surface area is 154 Å². The van der Waals surface area contributed by atoms with Crippen LogP contribution in [0.3, 0.4) is 0 Å². The van der Waals surface area contributed by atoms with Crippen LogP contribution < -0.4 is 10.5 Å². The van der Waals surface area contributed by atoms with Crippen molar-refractivity contribution in [3.63, 3.8) is 0 Å². The molecule has 6 nitrogen and oxygen atoms in total. The molecule has 0 aromatic carbocycles. The van der Waals surface area contributed by atoms with E-state index in [4.69, 9.17) is 0 Å². The molecular weight excluding hydrogens is 326 g/mol. The fourth-order valence-corrected chi connectivity index (χ4v) is 3.29. The van der Waals surface area contributed by atoms with Gasteiger partial charge in [-0.05, 0) is 37.0 Å². The van der Waals surface area contributed by atoms with Gasteiger partial charge in [-0.3, -0.25) is 4.79 Å². The maximum absolute atomic E-state index is 12.2. The van der Waals surface area contributed by atoms with E-state index in [-0.39, 0.29) is 11.0 Å². The summed E-state index contributed by atoms with van der Waals surface area (Å²) in [7, 11) is 0. The minimum Gasteiger partial charge on any atom is -0.356 e. The molecule has 136 valence electrons. The number of nitrogens with zero attached hydrogens (tertiary/aromatic N) is 5. The Morgan fingerprint density at radius 3 is 2.62 bits per heavy atom. The van der Waals surface area contributed by atoms with E-state index >= 15 is 0 Å². The van der Waals surface area contributed by atoms with Gasteiger partial charge in [-0.25, -0.2) is 9.67 Å². The molecule has 1 fully saturated rings. The monoisotopic (exact) mass is 351 g/mol. The van der Waals surface area contributed by atoms with Crippen LogP contribution in [0.2, 0.25) is 0 Å². The topological polar surface area (TPSA) is 74.8 Å². The van der Waals surface area contributed by atoms with Gasteiger partial charge >= 0.3 is 0 Å². The van der Waals surface area contributed by atoms with Gasteiger partial charge < -0.3 is 4.90 Å². The zero-order chi connectivity index (χ0) is 18.7. The van der Waals surface area contributed by atoms with Crippen molar-refractivity contribution in [2.24, 2.45) is 5.92 Å². The molecule has 0 aliphatic carbocycles. The molecule has 0 spiro atoms. The lowest BCUT2D eigenvalue weighted by atomic mass is 9.92. The van der Waals surface area contributed by atoms with E-state index in [1.165, 1.54) is 0 Å². The van der Waals surface area contributed by atoms with Crippen molar-refractivity contribution in [1.82, 2.24) is 14.8 Å². The van der Waals surface area contributed by atoms with Gasteiger partial charge in [0, 0.05) is 37.3 Å². The Morgan fingerprint density at radius 1 is 1.23 bits per heavy atom. The highest BCUT2D eigenvalue weighted by Crippen LogP contribution is 2.25. The highest BCUT2D eigenvalue weighted by Gasteiger charge is 2.23. The molecule has 0 amide bonds. The van der Waals surface area contributed by atoms with Gasteiger partial charge in [-0.1, -0.05) is 20.8 Å². The highest BCUT2D eigenvalue weighted by molar-refractivity contribution is 5.53. The molecular formula is C20H25N5O. The first-order chi connectivity index (χ1) is 12.4. The first-order valence-corrected chi connectivity index (χ1v) is 9.07. The summed E-state index contributed by atoms with van der Waals surface area (Å²) >= 11 is 0. The summed E-state index contributed by atoms with van der Waals surface area (Å²) in [5, 5.41) is 13.8. The molecule has 1 aliphatic rings. The zero-order valence-corrected chi connectivity index (χ0v) is 15.6. The predicted octanol–water partition coefficient (Wildman–Crippen LogP) is 2.72. The molecule has 2 aromatic rings. The molecule has 1 saturated heterocycles. The summed E-state index contributed by atoms with van der Waals surface area (Å²) in [6, 6.07) is 9.25. The quantitative estimate of drug-likeness (QED) is 0.850. The molecule has 3 heterocycles. The third-order valence-electron chi connectivity index (χ3n) is 4.89. The summed E-state index contributed by atoms with van der Waals surface area (Å²) in [4.78, 5) is 18.7. The molecule has 6 heteroatoms. The van der Waals surface area contributed by atoms with E-state index in [2.05, 4.69) is 41.8 Å². The number of pyridine rings is 1. The van der Waals surface area contributed by atoms with Gasteiger partial charge in [-0.15, -0.1) is 0 Å². The third kappa shape index (κ3) is 3.93. The van der Waals surface area contributed by atoms with Gasteiger partial charge in [0.15, 0.2) is 0 Å². The minimum absolute atomic E-state index is 0.0445. The Bertz CT molecular complexity index is 867. The average Bonchev–Trinajstić information content (AvgIpc) is 2.63. The SMILES string of the molecule is CC(C)(C)c1ccc(=O)n(CC2CCN(c3ncccc3C#N)CC2)n1. The standard InChI is InChI=1S/C20H25N5O/c1-20(2,3)17-6-7-18(26)25(23-17)14-15-8-11-24(12-9-15)19-16(13-21)5-4-10-22-19/h4-7,10,15H,8-9,11-12,14H2,1-3H3. The lowest BCUT2D eigenvalue weighted by Gasteiger charge is -2.33. The second-order valence-corrected chi connectivity index (χ2v) is 7.91. The summed E-state index contributed by atoms with van der Waals surface area (Å²) in [6.45, 7) is 8.62. The highest BCUT2D eigenvalue weighted by atomic mass is 16.1. The van der Waals surface area contributed by atoms with Gasteiger partial charge in [0.25, 0.3) is 5.56 Å². The number of piperidine rings is 1. The summed E-state index contributed by atoms with van der Waals surface area (Å²) < 4.78 is 1.61. The van der Waals surface area contributed by atoms with E-state index in [0.717, 1.165) is 37.4 Å². The van der Waals surface area contributed by atoms with Gasteiger partial charge in [-0.2, -0.15) is 10.4 Å². The number of rotatable bonds is 3. The van der Waals surface area contributed by atoms with Crippen molar-refractivity contribution < 1.29 is 0 Å². The molecule has 0 radical (unpaired) electrons. The number of hydrogen-bond acceptors (Lipinski definition) is 5.